The van der Waals surface area contributed by atoms with Crippen LogP contribution in [0.15, 0.2) is 0 Å². The second kappa shape index (κ2) is 6.37. The molecule has 0 rings (SSSR count). The Kier molecular flexibility index (Phi) is 7.16. The van der Waals surface area contributed by atoms with Gasteiger partial charge in [0.05, 0.1) is 12.0 Å². The maximum atomic E-state index is 11.4. The van der Waals surface area contributed by atoms with Crippen molar-refractivity contribution in [2.75, 3.05) is 12.0 Å². The van der Waals surface area contributed by atoms with Gasteiger partial charge in [0.25, 0.3) is 20.2 Å². The van der Waals surface area contributed by atoms with E-state index in [2.05, 4.69) is 0 Å². The Morgan fingerprint density at radius 2 is 1.38 bits per heavy atom. The zero-order chi connectivity index (χ0) is 13.6. The largest absolute Gasteiger partial charge is 0.389 e. The number of rotatable bonds is 3. The zero-order valence-electron chi connectivity index (χ0n) is 8.10. The Bertz CT molecular complexity index is 373. The van der Waals surface area contributed by atoms with Gasteiger partial charge in [0.15, 0.2) is 0 Å². The van der Waals surface area contributed by atoms with Crippen LogP contribution in [0.25, 0.3) is 0 Å². The van der Waals surface area contributed by atoms with Gasteiger partial charge >= 0.3 is 6.18 Å². The molecule has 100 valence electrons. The maximum absolute atomic E-state index is 11.4. The number of alkyl halides is 3. The molecule has 0 atom stereocenters. The van der Waals surface area contributed by atoms with E-state index in [4.69, 9.17) is 9.11 Å². The Morgan fingerprint density at radius 1 is 1.06 bits per heavy atom. The Labute approximate surface area is 91.0 Å². The van der Waals surface area contributed by atoms with E-state index < -0.39 is 45.0 Å². The van der Waals surface area contributed by atoms with Crippen molar-refractivity contribution < 1.29 is 39.1 Å². The molecular weight excluding hydrogens is 277 g/mol. The van der Waals surface area contributed by atoms with Crippen LogP contribution in [0, 0.1) is 0 Å². The summed E-state index contributed by atoms with van der Waals surface area (Å²) < 4.78 is 87.8. The molecule has 0 aromatic carbocycles. The first kappa shape index (κ1) is 18.0. The Hall–Kier alpha value is -0.390. The molecule has 0 fully saturated rings. The molecular formula is C5H11F3O6S2. The van der Waals surface area contributed by atoms with Crippen molar-refractivity contribution in [3.8, 4) is 0 Å². The lowest BCUT2D eigenvalue weighted by Crippen LogP contribution is -2.11. The predicted octanol–water partition coefficient (Wildman–Crippen LogP) is 0.721. The summed E-state index contributed by atoms with van der Waals surface area (Å²) in [6, 6.07) is 0. The third kappa shape index (κ3) is 37.4. The molecule has 16 heavy (non-hydrogen) atoms. The first-order valence-corrected chi connectivity index (χ1v) is 7.11. The normalized spacial score (nSPS) is 12.9. The van der Waals surface area contributed by atoms with E-state index in [1.807, 2.05) is 0 Å². The van der Waals surface area contributed by atoms with Gasteiger partial charge in [0, 0.05) is 6.42 Å². The van der Waals surface area contributed by atoms with E-state index >= 15 is 0 Å². The van der Waals surface area contributed by atoms with E-state index in [1.54, 1.807) is 0 Å². The van der Waals surface area contributed by atoms with E-state index in [0.717, 1.165) is 0 Å². The van der Waals surface area contributed by atoms with Crippen molar-refractivity contribution in [1.29, 1.82) is 0 Å². The lowest BCUT2D eigenvalue weighted by atomic mass is 10.3. The highest BCUT2D eigenvalue weighted by Gasteiger charge is 2.26. The minimum Gasteiger partial charge on any atom is -0.286 e. The quantitative estimate of drug-likeness (QED) is 0.741. The molecule has 0 aromatic heterocycles. The molecule has 0 radical (unpaired) electrons. The number of hydrogen-bond acceptors (Lipinski definition) is 4. The van der Waals surface area contributed by atoms with Crippen molar-refractivity contribution in [2.24, 2.45) is 0 Å². The van der Waals surface area contributed by atoms with Crippen LogP contribution in [0.1, 0.15) is 12.8 Å². The van der Waals surface area contributed by atoms with Gasteiger partial charge in [0.2, 0.25) is 0 Å². The summed E-state index contributed by atoms with van der Waals surface area (Å²) >= 11 is 0. The number of hydrogen-bond donors (Lipinski definition) is 2. The molecule has 0 spiro atoms. The summed E-state index contributed by atoms with van der Waals surface area (Å²) in [7, 11) is -7.91. The number of halogens is 3. The van der Waals surface area contributed by atoms with Crippen molar-refractivity contribution in [3.63, 3.8) is 0 Å². The first-order valence-electron chi connectivity index (χ1n) is 3.65. The summed E-state index contributed by atoms with van der Waals surface area (Å²) in [6.07, 6.45) is -5.42. The van der Waals surface area contributed by atoms with Gasteiger partial charge in [-0.05, 0) is 6.42 Å². The lowest BCUT2D eigenvalue weighted by Gasteiger charge is -2.03. The van der Waals surface area contributed by atoms with Crippen LogP contribution in [0.5, 0.6) is 0 Å². The van der Waals surface area contributed by atoms with E-state index in [0.29, 0.717) is 6.26 Å². The van der Waals surface area contributed by atoms with E-state index in [-0.39, 0.29) is 0 Å². The van der Waals surface area contributed by atoms with Crippen molar-refractivity contribution >= 4 is 20.2 Å². The van der Waals surface area contributed by atoms with Crippen molar-refractivity contribution in [1.82, 2.24) is 0 Å². The highest BCUT2D eigenvalue weighted by Crippen LogP contribution is 2.21. The van der Waals surface area contributed by atoms with Gasteiger partial charge in [0.1, 0.15) is 0 Å². The highest BCUT2D eigenvalue weighted by atomic mass is 32.2. The summed E-state index contributed by atoms with van der Waals surface area (Å²) in [4.78, 5) is 0. The lowest BCUT2D eigenvalue weighted by molar-refractivity contribution is -0.134. The fourth-order valence-corrected chi connectivity index (χ4v) is 0.964. The van der Waals surface area contributed by atoms with Crippen LogP contribution in [0.3, 0.4) is 0 Å². The third-order valence-corrected chi connectivity index (χ3v) is 1.67. The van der Waals surface area contributed by atoms with E-state index in [9.17, 15) is 30.0 Å². The average Bonchev–Trinajstić information content (AvgIpc) is 1.74. The zero-order valence-corrected chi connectivity index (χ0v) is 9.73. The molecule has 6 nitrogen and oxygen atoms in total. The molecule has 0 unspecified atom stereocenters. The second-order valence-corrected chi connectivity index (χ2v) is 5.78. The van der Waals surface area contributed by atoms with Gasteiger partial charge in [-0.15, -0.1) is 0 Å². The predicted molar refractivity (Wildman–Crippen MR) is 49.2 cm³/mol. The van der Waals surface area contributed by atoms with Gasteiger partial charge in [-0.3, -0.25) is 9.11 Å². The molecule has 0 aliphatic rings. The first-order chi connectivity index (χ1) is 6.71. The van der Waals surface area contributed by atoms with E-state index in [1.165, 1.54) is 0 Å². The SMILES string of the molecule is CS(=O)(=O)O.O=S(=O)(O)CCCC(F)(F)F. The monoisotopic (exact) mass is 288 g/mol. The van der Waals surface area contributed by atoms with Crippen LogP contribution in [0.4, 0.5) is 13.2 Å². The molecule has 11 heteroatoms. The van der Waals surface area contributed by atoms with Crippen LogP contribution in [0.2, 0.25) is 0 Å². The van der Waals surface area contributed by atoms with Gasteiger partial charge in [-0.25, -0.2) is 0 Å². The summed E-state index contributed by atoms with van der Waals surface area (Å²) in [6.45, 7) is 0. The topological polar surface area (TPSA) is 109 Å². The molecule has 0 heterocycles. The molecule has 0 aliphatic carbocycles. The summed E-state index contributed by atoms with van der Waals surface area (Å²) in [5.41, 5.74) is 0. The van der Waals surface area contributed by atoms with Crippen LogP contribution < -0.4 is 0 Å². The smallest absolute Gasteiger partial charge is 0.286 e. The van der Waals surface area contributed by atoms with Gasteiger partial charge in [-0.2, -0.15) is 30.0 Å². The van der Waals surface area contributed by atoms with Gasteiger partial charge in [-0.1, -0.05) is 0 Å². The molecule has 0 saturated heterocycles. The second-order valence-electron chi connectivity index (χ2n) is 2.74. The standard InChI is InChI=1S/C4H7F3O3S.CH4O3S/c5-4(6,7)2-1-3-11(8,9)10;1-5(2,3)4/h1-3H2,(H,8,9,10);1H3,(H,2,3,4). The minimum atomic E-state index is -4.36. The Balaban J connectivity index is 0. The fourth-order valence-electron chi connectivity index (χ4n) is 0.455. The molecule has 0 saturated carbocycles. The molecule has 0 bridgehead atoms. The summed E-state index contributed by atoms with van der Waals surface area (Å²) in [5, 5.41) is 0. The molecule has 2 N–H and O–H groups in total. The fraction of sp³-hybridized carbons (Fsp3) is 1.00. The summed E-state index contributed by atoms with van der Waals surface area (Å²) in [5.74, 6) is -0.841. The van der Waals surface area contributed by atoms with Crippen molar-refractivity contribution in [2.45, 2.75) is 19.0 Å². The molecule has 0 aromatic rings. The Morgan fingerprint density at radius 3 is 1.56 bits per heavy atom. The molecule has 0 amide bonds. The average molecular weight is 288 g/mol. The minimum absolute atomic E-state index is 0.595. The molecule has 0 aliphatic heterocycles. The van der Waals surface area contributed by atoms with Crippen molar-refractivity contribution in [3.05, 3.63) is 0 Å². The maximum Gasteiger partial charge on any atom is 0.389 e. The highest BCUT2D eigenvalue weighted by molar-refractivity contribution is 7.85. The van der Waals surface area contributed by atoms with Crippen LogP contribution >= 0.6 is 0 Å². The van der Waals surface area contributed by atoms with Gasteiger partial charge < -0.3 is 0 Å². The van der Waals surface area contributed by atoms with Crippen LogP contribution in [-0.2, 0) is 20.2 Å². The third-order valence-electron chi connectivity index (χ3n) is 0.863. The van der Waals surface area contributed by atoms with Crippen LogP contribution in [-0.4, -0.2) is 44.1 Å².